The molecule has 0 bridgehead atoms. The molecule has 1 aromatic carbocycles. The Bertz CT molecular complexity index is 1960. The molecule has 9 nitrogen and oxygen atoms in total. The molecule has 0 radical (unpaired) electrons. The number of hydrogen-bond acceptors (Lipinski definition) is 7. The SMILES string of the molecule is C=C(C)[C@@H]1CC[C@]2(C(=O)N3CCC[C@@H]3c3nc(-c4ccccc4)no3)CC[C@@]3(C)C[C@@H]([C@@]4(C)CC[C@H](OC(=O)C5CC(C(=O)O)C5(C)C)C(C)(C)[C@@H]4CCCC)CC[C@@H]3[C@@H]12. The second-order valence-corrected chi connectivity index (χ2v) is 22.4. The van der Waals surface area contributed by atoms with Crippen molar-refractivity contribution in [3.05, 3.63) is 48.4 Å². The molecule has 2 aromatic rings. The van der Waals surface area contributed by atoms with Gasteiger partial charge >= 0.3 is 11.9 Å². The average molecular weight is 824 g/mol. The summed E-state index contributed by atoms with van der Waals surface area (Å²) in [4.78, 5) is 48.0. The van der Waals surface area contributed by atoms with Crippen molar-refractivity contribution in [3.63, 3.8) is 0 Å². The Hall–Kier alpha value is -3.49. The average Bonchev–Trinajstić information content (AvgIpc) is 3.98. The number of carbonyl (C=O) groups is 3. The minimum Gasteiger partial charge on any atom is -0.481 e. The first-order chi connectivity index (χ1) is 28.4. The zero-order valence-electron chi connectivity index (χ0n) is 37.9. The van der Waals surface area contributed by atoms with E-state index in [9.17, 15) is 14.7 Å². The summed E-state index contributed by atoms with van der Waals surface area (Å²) in [5, 5.41) is 14.1. The van der Waals surface area contributed by atoms with Gasteiger partial charge in [0.15, 0.2) is 0 Å². The lowest BCUT2D eigenvalue weighted by atomic mass is 9.42. The number of carboxylic acids is 1. The predicted octanol–water partition coefficient (Wildman–Crippen LogP) is 11.5. The van der Waals surface area contributed by atoms with E-state index in [4.69, 9.17) is 14.2 Å². The van der Waals surface area contributed by atoms with Crippen LogP contribution >= 0.6 is 0 Å². The minimum atomic E-state index is -0.822. The van der Waals surface area contributed by atoms with E-state index in [0.717, 1.165) is 95.6 Å². The van der Waals surface area contributed by atoms with E-state index in [1.807, 2.05) is 44.2 Å². The molecule has 5 saturated carbocycles. The Kier molecular flexibility index (Phi) is 11.3. The van der Waals surface area contributed by atoms with Crippen molar-refractivity contribution in [2.75, 3.05) is 6.54 Å². The maximum absolute atomic E-state index is 15.4. The zero-order chi connectivity index (χ0) is 43.0. The van der Waals surface area contributed by atoms with Crippen molar-refractivity contribution in [1.82, 2.24) is 15.0 Å². The van der Waals surface area contributed by atoms with E-state index in [1.165, 1.54) is 12.0 Å². The number of amides is 1. The van der Waals surface area contributed by atoms with E-state index >= 15 is 4.79 Å². The van der Waals surface area contributed by atoms with Crippen LogP contribution in [0, 0.1) is 68.5 Å². The fourth-order valence-electron chi connectivity index (χ4n) is 15.0. The molecule has 1 saturated heterocycles. The number of aliphatic carboxylic acids is 1. The number of unbranched alkanes of at least 4 members (excludes halogenated alkanes) is 1. The summed E-state index contributed by atoms with van der Waals surface area (Å²) in [5.41, 5.74) is 1.15. The van der Waals surface area contributed by atoms with Crippen LogP contribution in [0.5, 0.6) is 0 Å². The summed E-state index contributed by atoms with van der Waals surface area (Å²) in [5.74, 6) is 1.53. The Balaban J connectivity index is 1.02. The van der Waals surface area contributed by atoms with Gasteiger partial charge in [-0.1, -0.05) is 109 Å². The van der Waals surface area contributed by atoms with Crippen LogP contribution in [0.1, 0.15) is 164 Å². The van der Waals surface area contributed by atoms with Crippen LogP contribution in [0.15, 0.2) is 47.0 Å². The minimum absolute atomic E-state index is 0.0962. The first-order valence-corrected chi connectivity index (χ1v) is 23.7. The molecule has 6 aliphatic rings. The van der Waals surface area contributed by atoms with Gasteiger partial charge in [-0.2, -0.15) is 4.98 Å². The molecule has 1 aliphatic heterocycles. The normalized spacial score (nSPS) is 39.3. The number of carboxylic acid groups (broad SMARTS) is 1. The first kappa shape index (κ1) is 43.2. The number of hydrogen-bond donors (Lipinski definition) is 1. The van der Waals surface area contributed by atoms with Crippen molar-refractivity contribution >= 4 is 17.8 Å². The topological polar surface area (TPSA) is 123 Å². The van der Waals surface area contributed by atoms with Gasteiger partial charge in [0.1, 0.15) is 12.1 Å². The second-order valence-electron chi connectivity index (χ2n) is 22.4. The van der Waals surface area contributed by atoms with E-state index in [-0.39, 0.29) is 46.2 Å². The quantitative estimate of drug-likeness (QED) is 0.176. The maximum Gasteiger partial charge on any atom is 0.309 e. The molecule has 6 fully saturated rings. The van der Waals surface area contributed by atoms with E-state index in [0.29, 0.717) is 47.7 Å². The summed E-state index contributed by atoms with van der Waals surface area (Å²) in [6.45, 7) is 23.4. The zero-order valence-corrected chi connectivity index (χ0v) is 37.9. The van der Waals surface area contributed by atoms with Crippen LogP contribution in [-0.4, -0.2) is 50.6 Å². The lowest BCUT2D eigenvalue weighted by Gasteiger charge is -2.63. The maximum atomic E-state index is 15.4. The van der Waals surface area contributed by atoms with Crippen LogP contribution in [-0.2, 0) is 19.1 Å². The van der Waals surface area contributed by atoms with E-state index in [2.05, 4.69) is 58.2 Å². The number of allylic oxidation sites excluding steroid dienone is 1. The number of ether oxygens (including phenoxy) is 1. The van der Waals surface area contributed by atoms with Gasteiger partial charge in [0.2, 0.25) is 17.6 Å². The molecule has 9 heteroatoms. The molecule has 2 unspecified atom stereocenters. The molecule has 328 valence electrons. The molecule has 2 heterocycles. The number of fused-ring (bicyclic) bond motifs is 3. The number of nitrogens with zero attached hydrogens (tertiary/aromatic N) is 3. The standard InChI is InChI=1S/C51H73N3O6/c1-10-11-19-39-48(6,7)40(59-45(57)37-29-36(44(55)56)47(37,4)5)23-24-50(39,9)33-20-21-35-41-34(31(2)3)22-25-51(41,27-26-49(35,8)30-33)46(58)54-28-15-18-38(54)43-52-42(53-60-43)32-16-13-12-14-17-32/h12-14,16-17,33-41H,2,10-11,15,18-30H2,1,3-9H3,(H,55,56)/t33-,34-,35+,36?,37?,38+,39-,40-,41+,49-,50+,51-/m0/s1. The first-order valence-electron chi connectivity index (χ1n) is 23.7. The third kappa shape index (κ3) is 6.89. The molecule has 0 spiro atoms. The van der Waals surface area contributed by atoms with Crippen LogP contribution < -0.4 is 0 Å². The van der Waals surface area contributed by atoms with Crippen molar-refractivity contribution in [2.45, 2.75) is 164 Å². The van der Waals surface area contributed by atoms with Crippen LogP contribution in [0.25, 0.3) is 11.4 Å². The summed E-state index contributed by atoms with van der Waals surface area (Å²) in [6, 6.07) is 9.73. The van der Waals surface area contributed by atoms with Crippen LogP contribution in [0.2, 0.25) is 0 Å². The fraction of sp³-hybridized carbons (Fsp3) is 0.745. The molecular formula is C51H73N3O6. The summed E-state index contributed by atoms with van der Waals surface area (Å²) in [6.07, 6.45) is 14.6. The molecule has 1 N–H and O–H groups in total. The van der Waals surface area contributed by atoms with E-state index in [1.54, 1.807) is 0 Å². The molecule has 60 heavy (non-hydrogen) atoms. The highest BCUT2D eigenvalue weighted by Gasteiger charge is 2.66. The number of carbonyl (C=O) groups excluding carboxylic acids is 2. The Morgan fingerprint density at radius 1 is 0.933 bits per heavy atom. The van der Waals surface area contributed by atoms with Crippen LogP contribution in [0.3, 0.4) is 0 Å². The van der Waals surface area contributed by atoms with Gasteiger partial charge in [-0.25, -0.2) is 0 Å². The highest BCUT2D eigenvalue weighted by atomic mass is 16.5. The van der Waals surface area contributed by atoms with Gasteiger partial charge in [-0.15, -0.1) is 0 Å². The van der Waals surface area contributed by atoms with Gasteiger partial charge < -0.3 is 19.3 Å². The van der Waals surface area contributed by atoms with Gasteiger partial charge in [-0.3, -0.25) is 14.4 Å². The third-order valence-electron chi connectivity index (χ3n) is 18.7. The fourth-order valence-corrected chi connectivity index (χ4v) is 15.0. The van der Waals surface area contributed by atoms with Crippen LogP contribution in [0.4, 0.5) is 0 Å². The monoisotopic (exact) mass is 824 g/mol. The lowest BCUT2D eigenvalue weighted by molar-refractivity contribution is -0.199. The number of benzene rings is 1. The molecule has 1 amide bonds. The highest BCUT2D eigenvalue weighted by molar-refractivity contribution is 5.85. The third-order valence-corrected chi connectivity index (χ3v) is 18.7. The smallest absolute Gasteiger partial charge is 0.309 e. The van der Waals surface area contributed by atoms with Crippen molar-refractivity contribution < 1.29 is 28.8 Å². The van der Waals surface area contributed by atoms with Crippen molar-refractivity contribution in [2.24, 2.45) is 68.5 Å². The molecule has 12 atom stereocenters. The summed E-state index contributed by atoms with van der Waals surface area (Å²) >= 11 is 0. The van der Waals surface area contributed by atoms with Gasteiger partial charge in [0, 0.05) is 17.5 Å². The molecule has 8 rings (SSSR count). The Morgan fingerprint density at radius 3 is 2.37 bits per heavy atom. The van der Waals surface area contributed by atoms with Gasteiger partial charge in [0.25, 0.3) is 0 Å². The number of aromatic nitrogens is 2. The molecular weight excluding hydrogens is 751 g/mol. The van der Waals surface area contributed by atoms with Crippen molar-refractivity contribution in [3.8, 4) is 11.4 Å². The number of likely N-dealkylation sites (tertiary alicyclic amines) is 1. The van der Waals surface area contributed by atoms with Crippen molar-refractivity contribution in [1.29, 1.82) is 0 Å². The van der Waals surface area contributed by atoms with Gasteiger partial charge in [-0.05, 0) is 136 Å². The van der Waals surface area contributed by atoms with E-state index < -0.39 is 22.7 Å². The largest absolute Gasteiger partial charge is 0.481 e. The second kappa shape index (κ2) is 15.7. The lowest BCUT2D eigenvalue weighted by Crippen LogP contribution is -2.59. The Morgan fingerprint density at radius 2 is 1.68 bits per heavy atom. The predicted molar refractivity (Wildman–Crippen MR) is 232 cm³/mol. The Labute approximate surface area is 359 Å². The van der Waals surface area contributed by atoms with Gasteiger partial charge in [0.05, 0.1) is 17.3 Å². The highest BCUT2D eigenvalue weighted by Crippen LogP contribution is 2.70. The number of rotatable bonds is 11. The summed E-state index contributed by atoms with van der Waals surface area (Å²) < 4.78 is 12.4. The summed E-state index contributed by atoms with van der Waals surface area (Å²) in [7, 11) is 0. The molecule has 1 aromatic heterocycles. The number of esters is 1. The molecule has 5 aliphatic carbocycles.